The first-order valence-corrected chi connectivity index (χ1v) is 6.29. The van der Waals surface area contributed by atoms with E-state index in [-0.39, 0.29) is 18.0 Å². The predicted molar refractivity (Wildman–Crippen MR) is 77.5 cm³/mol. The molecule has 0 atom stereocenters. The van der Waals surface area contributed by atoms with Gasteiger partial charge >= 0.3 is 0 Å². The monoisotopic (exact) mass is 292 g/mol. The number of halogens is 1. The summed E-state index contributed by atoms with van der Waals surface area (Å²) in [5.41, 5.74) is 7.37. The summed E-state index contributed by atoms with van der Waals surface area (Å²) in [7, 11) is 0. The van der Waals surface area contributed by atoms with Crippen molar-refractivity contribution in [2.24, 2.45) is 0 Å². The molecule has 0 aromatic heterocycles. The minimum Gasteiger partial charge on any atom is -0.393 e. The summed E-state index contributed by atoms with van der Waals surface area (Å²) in [5.74, 6) is 0. The number of hydrogen-bond donors (Lipinski definition) is 1. The van der Waals surface area contributed by atoms with E-state index in [1.54, 1.807) is 24.3 Å². The van der Waals surface area contributed by atoms with E-state index in [2.05, 4.69) is 0 Å². The van der Waals surface area contributed by atoms with Crippen molar-refractivity contribution in [3.63, 3.8) is 0 Å². The molecule has 0 radical (unpaired) electrons. The third kappa shape index (κ3) is 3.46. The number of para-hydroxylation sites is 1. The lowest BCUT2D eigenvalue weighted by atomic mass is 10.1. The zero-order valence-corrected chi connectivity index (χ0v) is 11.3. The molecule has 104 valence electrons. The maximum Gasteiger partial charge on any atom is 0.292 e. The molecule has 0 aliphatic carbocycles. The molecule has 0 heterocycles. The molecule has 0 saturated heterocycles. The third-order valence-electron chi connectivity index (χ3n) is 2.81. The summed E-state index contributed by atoms with van der Waals surface area (Å²) < 4.78 is 5.52. The van der Waals surface area contributed by atoms with Crippen molar-refractivity contribution in [3.05, 3.63) is 68.7 Å². The molecule has 6 heteroatoms. The van der Waals surface area contributed by atoms with Crippen molar-refractivity contribution < 1.29 is 9.66 Å². The van der Waals surface area contributed by atoms with Crippen LogP contribution in [0.25, 0.3) is 0 Å². The smallest absolute Gasteiger partial charge is 0.292 e. The Morgan fingerprint density at radius 3 is 2.50 bits per heavy atom. The van der Waals surface area contributed by atoms with Crippen LogP contribution in [0.3, 0.4) is 0 Å². The molecule has 2 N–H and O–H groups in total. The first-order valence-electron chi connectivity index (χ1n) is 5.92. The van der Waals surface area contributed by atoms with E-state index >= 15 is 0 Å². The van der Waals surface area contributed by atoms with Gasteiger partial charge in [0.05, 0.1) is 18.1 Å². The van der Waals surface area contributed by atoms with E-state index in [9.17, 15) is 10.1 Å². The Kier molecular flexibility index (Phi) is 4.55. The van der Waals surface area contributed by atoms with Gasteiger partial charge in [-0.1, -0.05) is 35.9 Å². The number of rotatable bonds is 5. The molecule has 0 spiro atoms. The van der Waals surface area contributed by atoms with Crippen molar-refractivity contribution >= 4 is 23.0 Å². The molecule has 20 heavy (non-hydrogen) atoms. The topological polar surface area (TPSA) is 78.4 Å². The number of nitrogens with zero attached hydrogens (tertiary/aromatic N) is 1. The SMILES string of the molecule is Nc1c(COCc2ccc(Cl)cc2)cccc1[N+](=O)[O-]. The minimum absolute atomic E-state index is 0.0995. The van der Waals surface area contributed by atoms with E-state index in [4.69, 9.17) is 22.1 Å². The highest BCUT2D eigenvalue weighted by atomic mass is 35.5. The summed E-state index contributed by atoms with van der Waals surface area (Å²) in [4.78, 5) is 10.3. The van der Waals surface area contributed by atoms with Crippen LogP contribution in [0, 0.1) is 10.1 Å². The van der Waals surface area contributed by atoms with Crippen LogP contribution in [0.5, 0.6) is 0 Å². The second-order valence-electron chi connectivity index (χ2n) is 4.23. The maximum absolute atomic E-state index is 10.8. The van der Waals surface area contributed by atoms with Crippen LogP contribution in [-0.4, -0.2) is 4.92 Å². The summed E-state index contributed by atoms with van der Waals surface area (Å²) >= 11 is 5.79. The molecule has 0 saturated carbocycles. The predicted octanol–water partition coefficient (Wildman–Crippen LogP) is 3.55. The lowest BCUT2D eigenvalue weighted by Gasteiger charge is -2.07. The first-order chi connectivity index (χ1) is 9.58. The van der Waals surface area contributed by atoms with Gasteiger partial charge in [0.25, 0.3) is 5.69 Å². The standard InChI is InChI=1S/C14H13ClN2O3/c15-12-6-4-10(5-7-12)8-20-9-11-2-1-3-13(14(11)16)17(18)19/h1-7H,8-9,16H2. The maximum atomic E-state index is 10.8. The van der Waals surface area contributed by atoms with E-state index < -0.39 is 4.92 Å². The molecule has 0 aliphatic rings. The minimum atomic E-state index is -0.502. The Bertz CT molecular complexity index is 614. The lowest BCUT2D eigenvalue weighted by Crippen LogP contribution is -2.02. The number of nitro groups is 1. The van der Waals surface area contributed by atoms with Gasteiger partial charge in [0.15, 0.2) is 0 Å². The highest BCUT2D eigenvalue weighted by Gasteiger charge is 2.13. The Morgan fingerprint density at radius 2 is 1.85 bits per heavy atom. The fraction of sp³-hybridized carbons (Fsp3) is 0.143. The molecule has 2 aromatic rings. The molecular weight excluding hydrogens is 280 g/mol. The fourth-order valence-electron chi connectivity index (χ4n) is 1.74. The fourth-order valence-corrected chi connectivity index (χ4v) is 1.87. The van der Waals surface area contributed by atoms with Gasteiger partial charge in [-0.2, -0.15) is 0 Å². The Balaban J connectivity index is 1.99. The molecule has 0 aliphatic heterocycles. The van der Waals surface area contributed by atoms with E-state index in [0.717, 1.165) is 5.56 Å². The van der Waals surface area contributed by atoms with E-state index in [0.29, 0.717) is 17.2 Å². The highest BCUT2D eigenvalue weighted by Crippen LogP contribution is 2.25. The molecule has 2 rings (SSSR count). The second-order valence-corrected chi connectivity index (χ2v) is 4.66. The van der Waals surface area contributed by atoms with Gasteiger partial charge < -0.3 is 10.5 Å². The average molecular weight is 293 g/mol. The summed E-state index contributed by atoms with van der Waals surface area (Å²) in [5, 5.41) is 11.4. The van der Waals surface area contributed by atoms with Crippen molar-refractivity contribution in [2.75, 3.05) is 5.73 Å². The third-order valence-corrected chi connectivity index (χ3v) is 3.06. The Morgan fingerprint density at radius 1 is 1.15 bits per heavy atom. The second kappa shape index (κ2) is 6.36. The average Bonchev–Trinajstić information content (AvgIpc) is 2.42. The van der Waals surface area contributed by atoms with Crippen molar-refractivity contribution in [1.29, 1.82) is 0 Å². The van der Waals surface area contributed by atoms with Gasteiger partial charge in [-0.25, -0.2) is 0 Å². The Labute approximate surface area is 121 Å². The summed E-state index contributed by atoms with van der Waals surface area (Å²) in [6.07, 6.45) is 0. The zero-order chi connectivity index (χ0) is 14.5. The number of nitrogen functional groups attached to an aromatic ring is 1. The van der Waals surface area contributed by atoms with Crippen LogP contribution in [0.2, 0.25) is 5.02 Å². The normalized spacial score (nSPS) is 10.4. The molecule has 0 amide bonds. The van der Waals surface area contributed by atoms with Gasteiger partial charge in [0.2, 0.25) is 0 Å². The molecular formula is C14H13ClN2O3. The van der Waals surface area contributed by atoms with Crippen molar-refractivity contribution in [1.82, 2.24) is 0 Å². The van der Waals surface area contributed by atoms with Gasteiger partial charge in [0.1, 0.15) is 5.69 Å². The highest BCUT2D eigenvalue weighted by molar-refractivity contribution is 6.30. The molecule has 0 fully saturated rings. The van der Waals surface area contributed by atoms with Crippen LogP contribution in [0.4, 0.5) is 11.4 Å². The number of benzene rings is 2. The number of ether oxygens (including phenoxy) is 1. The van der Waals surface area contributed by atoms with Gasteiger partial charge in [0, 0.05) is 16.7 Å². The zero-order valence-electron chi connectivity index (χ0n) is 10.6. The van der Waals surface area contributed by atoms with Crippen LogP contribution in [-0.2, 0) is 18.0 Å². The number of anilines is 1. The molecule has 2 aromatic carbocycles. The summed E-state index contributed by atoms with van der Waals surface area (Å²) in [6.45, 7) is 0.607. The summed E-state index contributed by atoms with van der Waals surface area (Å²) in [6, 6.07) is 12.0. The van der Waals surface area contributed by atoms with Crippen LogP contribution in [0.15, 0.2) is 42.5 Å². The Hall–Kier alpha value is -2.11. The largest absolute Gasteiger partial charge is 0.393 e. The quantitative estimate of drug-likeness (QED) is 0.519. The number of hydrogen-bond acceptors (Lipinski definition) is 4. The lowest BCUT2D eigenvalue weighted by molar-refractivity contribution is -0.384. The molecule has 0 unspecified atom stereocenters. The van der Waals surface area contributed by atoms with Crippen LogP contribution in [0.1, 0.15) is 11.1 Å². The molecule has 0 bridgehead atoms. The molecule has 5 nitrogen and oxygen atoms in total. The van der Waals surface area contributed by atoms with Gasteiger partial charge in [-0.3, -0.25) is 10.1 Å². The van der Waals surface area contributed by atoms with Crippen molar-refractivity contribution in [2.45, 2.75) is 13.2 Å². The van der Waals surface area contributed by atoms with Gasteiger partial charge in [-0.05, 0) is 17.7 Å². The van der Waals surface area contributed by atoms with Crippen LogP contribution < -0.4 is 5.73 Å². The van der Waals surface area contributed by atoms with Crippen molar-refractivity contribution in [3.8, 4) is 0 Å². The number of nitro benzene ring substituents is 1. The number of nitrogens with two attached hydrogens (primary N) is 1. The van der Waals surface area contributed by atoms with Gasteiger partial charge in [-0.15, -0.1) is 0 Å². The van der Waals surface area contributed by atoms with E-state index in [1.165, 1.54) is 6.07 Å². The van der Waals surface area contributed by atoms with E-state index in [1.807, 2.05) is 12.1 Å². The van der Waals surface area contributed by atoms with Crippen LogP contribution >= 0.6 is 11.6 Å². The first kappa shape index (κ1) is 14.3.